The predicted octanol–water partition coefficient (Wildman–Crippen LogP) is 2.57. The van der Waals surface area contributed by atoms with E-state index in [2.05, 4.69) is 36.1 Å². The van der Waals surface area contributed by atoms with Gasteiger partial charge in [0.1, 0.15) is 5.84 Å². The van der Waals surface area contributed by atoms with Crippen molar-refractivity contribution in [1.82, 2.24) is 4.90 Å². The van der Waals surface area contributed by atoms with E-state index in [0.29, 0.717) is 0 Å². The Labute approximate surface area is 84.3 Å². The number of para-hydroxylation sites is 1. The number of hydrogen-bond acceptors (Lipinski definition) is 2. The Morgan fingerprint density at radius 3 is 3.14 bits per heavy atom. The number of amidine groups is 1. The van der Waals surface area contributed by atoms with Crippen LogP contribution in [0.25, 0.3) is 0 Å². The first-order valence-corrected chi connectivity index (χ1v) is 5.23. The number of hydrogen-bond donors (Lipinski definition) is 0. The van der Waals surface area contributed by atoms with Crippen molar-refractivity contribution in [1.29, 1.82) is 0 Å². The summed E-state index contributed by atoms with van der Waals surface area (Å²) in [5.74, 6) is 2.05. The highest BCUT2D eigenvalue weighted by Gasteiger charge is 2.27. The number of nitrogens with zero attached hydrogens (tertiary/aromatic N) is 2. The molecule has 0 radical (unpaired) electrons. The number of aliphatic imine (C=N–C) groups is 1. The molecule has 14 heavy (non-hydrogen) atoms. The second kappa shape index (κ2) is 2.84. The largest absolute Gasteiger partial charge is 0.355 e. The summed E-state index contributed by atoms with van der Waals surface area (Å²) in [6, 6.07) is 8.46. The summed E-state index contributed by atoms with van der Waals surface area (Å²) < 4.78 is 0. The van der Waals surface area contributed by atoms with Gasteiger partial charge in [0.05, 0.1) is 5.69 Å². The van der Waals surface area contributed by atoms with Crippen LogP contribution in [0, 0.1) is 5.92 Å². The van der Waals surface area contributed by atoms with Crippen molar-refractivity contribution in [3.63, 3.8) is 0 Å². The molecular weight excluding hydrogens is 172 g/mol. The summed E-state index contributed by atoms with van der Waals surface area (Å²) in [5, 5.41) is 0. The van der Waals surface area contributed by atoms with Crippen molar-refractivity contribution in [2.24, 2.45) is 10.9 Å². The van der Waals surface area contributed by atoms with Crippen molar-refractivity contribution in [3.8, 4) is 0 Å². The Morgan fingerprint density at radius 2 is 2.21 bits per heavy atom. The van der Waals surface area contributed by atoms with Crippen LogP contribution < -0.4 is 0 Å². The average molecular weight is 186 g/mol. The number of benzene rings is 1. The third kappa shape index (κ3) is 1.14. The van der Waals surface area contributed by atoms with E-state index in [1.54, 1.807) is 0 Å². The van der Waals surface area contributed by atoms with E-state index < -0.39 is 0 Å². The van der Waals surface area contributed by atoms with Crippen molar-refractivity contribution < 1.29 is 0 Å². The highest BCUT2D eigenvalue weighted by atomic mass is 15.2. The quantitative estimate of drug-likeness (QED) is 0.608. The highest BCUT2D eigenvalue weighted by Crippen LogP contribution is 2.31. The highest BCUT2D eigenvalue weighted by molar-refractivity contribution is 5.88. The molecule has 72 valence electrons. The van der Waals surface area contributed by atoms with Gasteiger partial charge in [0.25, 0.3) is 0 Å². The minimum atomic E-state index is 0.767. The van der Waals surface area contributed by atoms with Crippen LogP contribution in [-0.2, 0) is 6.54 Å². The normalized spacial score (nSPS) is 24.2. The van der Waals surface area contributed by atoms with Crippen molar-refractivity contribution in [2.75, 3.05) is 6.54 Å². The van der Waals surface area contributed by atoms with Gasteiger partial charge in [-0.25, -0.2) is 4.99 Å². The molecule has 3 rings (SSSR count). The fourth-order valence-corrected chi connectivity index (χ4v) is 2.36. The van der Waals surface area contributed by atoms with E-state index >= 15 is 0 Å². The van der Waals surface area contributed by atoms with E-state index in [-0.39, 0.29) is 0 Å². The van der Waals surface area contributed by atoms with Gasteiger partial charge in [0.2, 0.25) is 0 Å². The van der Waals surface area contributed by atoms with Gasteiger partial charge in [-0.3, -0.25) is 0 Å². The van der Waals surface area contributed by atoms with Crippen molar-refractivity contribution >= 4 is 11.5 Å². The summed E-state index contributed by atoms with van der Waals surface area (Å²) in [7, 11) is 0. The second-order valence-electron chi connectivity index (χ2n) is 4.35. The molecule has 1 aromatic rings. The Morgan fingerprint density at radius 1 is 1.36 bits per heavy atom. The molecule has 0 bridgehead atoms. The van der Waals surface area contributed by atoms with Gasteiger partial charge < -0.3 is 4.90 Å². The minimum Gasteiger partial charge on any atom is -0.355 e. The molecule has 0 amide bonds. The van der Waals surface area contributed by atoms with Crippen LogP contribution in [0.15, 0.2) is 29.3 Å². The lowest BCUT2D eigenvalue weighted by atomic mass is 10.1. The summed E-state index contributed by atoms with van der Waals surface area (Å²) in [5.41, 5.74) is 2.54. The van der Waals surface area contributed by atoms with Gasteiger partial charge in [-0.15, -0.1) is 0 Å². The van der Waals surface area contributed by atoms with Gasteiger partial charge in [-0.2, -0.15) is 0 Å². The molecule has 0 aromatic heterocycles. The zero-order chi connectivity index (χ0) is 9.54. The first-order chi connectivity index (χ1) is 6.83. The van der Waals surface area contributed by atoms with Crippen molar-refractivity contribution in [2.45, 2.75) is 19.9 Å². The van der Waals surface area contributed by atoms with Gasteiger partial charge in [-0.1, -0.05) is 25.1 Å². The fraction of sp³-hybridized carbons (Fsp3) is 0.417. The fourth-order valence-electron chi connectivity index (χ4n) is 2.36. The van der Waals surface area contributed by atoms with E-state index in [1.807, 2.05) is 0 Å². The lowest BCUT2D eigenvalue weighted by Gasteiger charge is -2.24. The molecule has 0 spiro atoms. The van der Waals surface area contributed by atoms with Gasteiger partial charge in [0, 0.05) is 19.5 Å². The monoisotopic (exact) mass is 186 g/mol. The summed E-state index contributed by atoms with van der Waals surface area (Å²) in [6.45, 7) is 4.53. The SMILES string of the molecule is CC1CC2=Nc3ccccc3CN2C1. The molecule has 1 saturated heterocycles. The summed E-state index contributed by atoms with van der Waals surface area (Å²) >= 11 is 0. The van der Waals surface area contributed by atoms with Crippen LogP contribution in [-0.4, -0.2) is 17.3 Å². The molecule has 2 aliphatic heterocycles. The third-order valence-electron chi connectivity index (χ3n) is 3.03. The Hall–Kier alpha value is -1.31. The first-order valence-electron chi connectivity index (χ1n) is 5.23. The maximum atomic E-state index is 4.70. The second-order valence-corrected chi connectivity index (χ2v) is 4.35. The third-order valence-corrected chi connectivity index (χ3v) is 3.03. The van der Waals surface area contributed by atoms with Crippen molar-refractivity contribution in [3.05, 3.63) is 29.8 Å². The van der Waals surface area contributed by atoms with Gasteiger partial charge >= 0.3 is 0 Å². The molecule has 0 N–H and O–H groups in total. The minimum absolute atomic E-state index is 0.767. The molecule has 1 fully saturated rings. The van der Waals surface area contributed by atoms with Crippen LogP contribution in [0.5, 0.6) is 0 Å². The van der Waals surface area contributed by atoms with Crippen LogP contribution in [0.4, 0.5) is 5.69 Å². The lowest BCUT2D eigenvalue weighted by molar-refractivity contribution is 0.404. The van der Waals surface area contributed by atoms with Gasteiger partial charge in [0.15, 0.2) is 0 Å². The standard InChI is InChI=1S/C12H14N2/c1-9-6-12-13-11-5-3-2-4-10(11)8-14(12)7-9/h2-5,9H,6-8H2,1H3. The first kappa shape index (κ1) is 8.04. The Balaban J connectivity index is 2.03. The molecule has 1 unspecified atom stereocenters. The lowest BCUT2D eigenvalue weighted by Crippen LogP contribution is -2.27. The summed E-state index contributed by atoms with van der Waals surface area (Å²) in [6.07, 6.45) is 1.15. The molecule has 2 heteroatoms. The predicted molar refractivity (Wildman–Crippen MR) is 57.7 cm³/mol. The zero-order valence-corrected chi connectivity index (χ0v) is 8.40. The molecule has 0 aliphatic carbocycles. The maximum Gasteiger partial charge on any atom is 0.105 e. The van der Waals surface area contributed by atoms with Crippen LogP contribution in [0.1, 0.15) is 18.9 Å². The van der Waals surface area contributed by atoms with E-state index in [0.717, 1.165) is 18.9 Å². The number of rotatable bonds is 0. The smallest absolute Gasteiger partial charge is 0.105 e. The molecule has 0 saturated carbocycles. The molecule has 2 aliphatic rings. The molecule has 1 atom stereocenters. The zero-order valence-electron chi connectivity index (χ0n) is 8.40. The summed E-state index contributed by atoms with van der Waals surface area (Å²) in [4.78, 5) is 7.11. The van der Waals surface area contributed by atoms with Gasteiger partial charge in [-0.05, 0) is 17.5 Å². The molecule has 1 aromatic carbocycles. The maximum absolute atomic E-state index is 4.70. The van der Waals surface area contributed by atoms with E-state index in [4.69, 9.17) is 4.99 Å². The van der Waals surface area contributed by atoms with Crippen LogP contribution in [0.2, 0.25) is 0 Å². The average Bonchev–Trinajstić information content (AvgIpc) is 2.53. The Bertz CT molecular complexity index is 395. The molecule has 2 nitrogen and oxygen atoms in total. The molecular formula is C12H14N2. The van der Waals surface area contributed by atoms with Crippen LogP contribution >= 0.6 is 0 Å². The van der Waals surface area contributed by atoms with E-state index in [1.165, 1.54) is 23.6 Å². The van der Waals surface area contributed by atoms with E-state index in [9.17, 15) is 0 Å². The Kier molecular flexibility index (Phi) is 1.63. The number of fused-ring (bicyclic) bond motifs is 2. The molecule has 2 heterocycles. The topological polar surface area (TPSA) is 15.6 Å². The van der Waals surface area contributed by atoms with Crippen LogP contribution in [0.3, 0.4) is 0 Å².